The Hall–Kier alpha value is -2.66. The van der Waals surface area contributed by atoms with Crippen molar-refractivity contribution in [3.63, 3.8) is 0 Å². The maximum absolute atomic E-state index is 13.3. The summed E-state index contributed by atoms with van der Waals surface area (Å²) in [6.45, 7) is 4.67. The van der Waals surface area contributed by atoms with Gasteiger partial charge in [0, 0.05) is 19.3 Å². The van der Waals surface area contributed by atoms with Gasteiger partial charge in [-0.1, -0.05) is 43.3 Å². The molecule has 0 atom stereocenters. The first kappa shape index (κ1) is 17.2. The topological polar surface area (TPSA) is 57.8 Å². The Morgan fingerprint density at radius 3 is 2.64 bits per heavy atom. The van der Waals surface area contributed by atoms with Crippen LogP contribution in [-0.4, -0.2) is 38.4 Å². The number of aliphatic hydroxyl groups excluding tert-OH is 1. The van der Waals surface area contributed by atoms with Crippen LogP contribution >= 0.6 is 0 Å². The third kappa shape index (κ3) is 3.56. The zero-order valence-electron chi connectivity index (χ0n) is 14.6. The van der Waals surface area contributed by atoms with Crippen molar-refractivity contribution in [3.8, 4) is 0 Å². The molecule has 0 aliphatic heterocycles. The lowest BCUT2D eigenvalue weighted by atomic mass is 10.2. The molecule has 1 aromatic carbocycles. The molecule has 0 aliphatic rings. The van der Waals surface area contributed by atoms with Gasteiger partial charge in [0.05, 0.1) is 12.3 Å². The normalized spacial score (nSPS) is 11.0. The van der Waals surface area contributed by atoms with Gasteiger partial charge in [-0.3, -0.25) is 9.20 Å². The Balaban J connectivity index is 2.01. The minimum Gasteiger partial charge on any atom is -0.395 e. The van der Waals surface area contributed by atoms with E-state index < -0.39 is 0 Å². The number of imidazole rings is 1. The van der Waals surface area contributed by atoms with Crippen molar-refractivity contribution in [3.05, 3.63) is 71.2 Å². The summed E-state index contributed by atoms with van der Waals surface area (Å²) < 4.78 is 1.87. The average Bonchev–Trinajstić information content (AvgIpc) is 2.99. The Bertz CT molecular complexity index is 871. The second-order valence-electron chi connectivity index (χ2n) is 6.13. The summed E-state index contributed by atoms with van der Waals surface area (Å²) in [5.41, 5.74) is 4.25. The molecule has 5 heteroatoms. The lowest BCUT2D eigenvalue weighted by Gasteiger charge is -2.22. The van der Waals surface area contributed by atoms with Crippen LogP contribution in [-0.2, 0) is 13.0 Å². The van der Waals surface area contributed by atoms with Crippen molar-refractivity contribution in [2.75, 3.05) is 13.2 Å². The van der Waals surface area contributed by atoms with Gasteiger partial charge in [0.2, 0.25) is 0 Å². The van der Waals surface area contributed by atoms with Crippen LogP contribution in [0, 0.1) is 6.92 Å². The lowest BCUT2D eigenvalue weighted by molar-refractivity contribution is 0.0699. The SMILES string of the molecule is CCc1nc2ccc(C)cn2c1C(=O)N(CCO)Cc1ccccc1. The van der Waals surface area contributed by atoms with Crippen molar-refractivity contribution in [2.24, 2.45) is 0 Å². The van der Waals surface area contributed by atoms with E-state index in [0.717, 1.165) is 22.5 Å². The fourth-order valence-corrected chi connectivity index (χ4v) is 3.00. The van der Waals surface area contributed by atoms with Crippen molar-refractivity contribution in [2.45, 2.75) is 26.8 Å². The second-order valence-corrected chi connectivity index (χ2v) is 6.13. The molecule has 0 fully saturated rings. The van der Waals surface area contributed by atoms with Crippen LogP contribution in [0.3, 0.4) is 0 Å². The molecular weight excluding hydrogens is 314 g/mol. The zero-order valence-corrected chi connectivity index (χ0v) is 14.6. The van der Waals surface area contributed by atoms with Crippen molar-refractivity contribution >= 4 is 11.6 Å². The first-order chi connectivity index (χ1) is 12.1. The number of pyridine rings is 1. The summed E-state index contributed by atoms with van der Waals surface area (Å²) in [4.78, 5) is 19.5. The quantitative estimate of drug-likeness (QED) is 0.752. The number of nitrogens with zero attached hydrogens (tertiary/aromatic N) is 3. The van der Waals surface area contributed by atoms with Gasteiger partial charge in [0.15, 0.2) is 0 Å². The summed E-state index contributed by atoms with van der Waals surface area (Å²) in [5, 5.41) is 9.43. The van der Waals surface area contributed by atoms with Crippen molar-refractivity contribution < 1.29 is 9.90 Å². The molecule has 130 valence electrons. The van der Waals surface area contributed by atoms with Gasteiger partial charge in [0.25, 0.3) is 5.91 Å². The molecule has 3 aromatic rings. The van der Waals surface area contributed by atoms with Crippen LogP contribution in [0.2, 0.25) is 0 Å². The van der Waals surface area contributed by atoms with Gasteiger partial charge in [-0.2, -0.15) is 0 Å². The van der Waals surface area contributed by atoms with Crippen molar-refractivity contribution in [1.82, 2.24) is 14.3 Å². The second kappa shape index (κ2) is 7.49. The number of amides is 1. The Labute approximate surface area is 147 Å². The largest absolute Gasteiger partial charge is 0.395 e. The number of hydrogen-bond acceptors (Lipinski definition) is 3. The number of aliphatic hydroxyl groups is 1. The molecule has 2 heterocycles. The van der Waals surface area contributed by atoms with E-state index in [-0.39, 0.29) is 19.1 Å². The van der Waals surface area contributed by atoms with E-state index >= 15 is 0 Å². The number of fused-ring (bicyclic) bond motifs is 1. The van der Waals surface area contributed by atoms with Gasteiger partial charge >= 0.3 is 0 Å². The van der Waals surface area contributed by atoms with Crippen LogP contribution < -0.4 is 0 Å². The minimum absolute atomic E-state index is 0.0736. The van der Waals surface area contributed by atoms with E-state index in [4.69, 9.17) is 0 Å². The van der Waals surface area contributed by atoms with E-state index in [1.54, 1.807) is 4.90 Å². The van der Waals surface area contributed by atoms with Crippen LogP contribution in [0.4, 0.5) is 0 Å². The van der Waals surface area contributed by atoms with E-state index in [0.29, 0.717) is 18.7 Å². The van der Waals surface area contributed by atoms with Gasteiger partial charge in [-0.25, -0.2) is 4.98 Å². The number of hydrogen-bond donors (Lipinski definition) is 1. The molecule has 25 heavy (non-hydrogen) atoms. The summed E-state index contributed by atoms with van der Waals surface area (Å²) in [6.07, 6.45) is 2.62. The molecule has 5 nitrogen and oxygen atoms in total. The first-order valence-electron chi connectivity index (χ1n) is 8.55. The Kier molecular flexibility index (Phi) is 5.14. The smallest absolute Gasteiger partial charge is 0.273 e. The molecule has 2 aromatic heterocycles. The average molecular weight is 337 g/mol. The van der Waals surface area contributed by atoms with E-state index in [1.807, 2.05) is 66.9 Å². The molecule has 0 spiro atoms. The minimum atomic E-state index is -0.104. The first-order valence-corrected chi connectivity index (χ1v) is 8.55. The van der Waals surface area contributed by atoms with Gasteiger partial charge in [0.1, 0.15) is 11.3 Å². The fourth-order valence-electron chi connectivity index (χ4n) is 3.00. The number of benzene rings is 1. The highest BCUT2D eigenvalue weighted by Crippen LogP contribution is 2.18. The third-order valence-electron chi connectivity index (χ3n) is 4.25. The molecule has 0 radical (unpaired) electrons. The fraction of sp³-hybridized carbons (Fsp3) is 0.300. The molecule has 1 amide bonds. The van der Waals surface area contributed by atoms with Gasteiger partial charge in [-0.15, -0.1) is 0 Å². The highest BCUT2D eigenvalue weighted by atomic mass is 16.3. The van der Waals surface area contributed by atoms with Crippen LogP contribution in [0.1, 0.15) is 34.2 Å². The summed E-state index contributed by atoms with van der Waals surface area (Å²) >= 11 is 0. The van der Waals surface area contributed by atoms with Gasteiger partial charge < -0.3 is 10.0 Å². The highest BCUT2D eigenvalue weighted by Gasteiger charge is 2.23. The summed E-state index contributed by atoms with van der Waals surface area (Å²) in [7, 11) is 0. The van der Waals surface area contributed by atoms with E-state index in [1.165, 1.54) is 0 Å². The molecule has 3 rings (SSSR count). The number of aromatic nitrogens is 2. The van der Waals surface area contributed by atoms with Gasteiger partial charge in [-0.05, 0) is 30.5 Å². The molecule has 0 unspecified atom stereocenters. The standard InChI is InChI=1S/C20H23N3O2/c1-3-17-19(23-13-15(2)9-10-18(23)21-17)20(25)22(11-12-24)14-16-7-5-4-6-8-16/h4-10,13,24H,3,11-12,14H2,1-2H3. The maximum Gasteiger partial charge on any atom is 0.273 e. The molecule has 1 N–H and O–H groups in total. The van der Waals surface area contributed by atoms with E-state index in [2.05, 4.69) is 4.98 Å². The lowest BCUT2D eigenvalue weighted by Crippen LogP contribution is -2.34. The molecule has 0 aliphatic carbocycles. The van der Waals surface area contributed by atoms with Crippen LogP contribution in [0.25, 0.3) is 5.65 Å². The molecule has 0 saturated carbocycles. The van der Waals surface area contributed by atoms with Crippen LogP contribution in [0.5, 0.6) is 0 Å². The number of carbonyl (C=O) groups is 1. The predicted octanol–water partition coefficient (Wildman–Crippen LogP) is 2.84. The summed E-state index contributed by atoms with van der Waals surface area (Å²) in [5.74, 6) is -0.104. The number of carbonyl (C=O) groups excluding carboxylic acids is 1. The third-order valence-corrected chi connectivity index (χ3v) is 4.25. The Morgan fingerprint density at radius 1 is 1.20 bits per heavy atom. The van der Waals surface area contributed by atoms with Crippen LogP contribution in [0.15, 0.2) is 48.7 Å². The zero-order chi connectivity index (χ0) is 17.8. The number of rotatable bonds is 6. The predicted molar refractivity (Wildman–Crippen MR) is 97.6 cm³/mol. The highest BCUT2D eigenvalue weighted by molar-refractivity contribution is 5.94. The molecular formula is C20H23N3O2. The molecule has 0 saturated heterocycles. The van der Waals surface area contributed by atoms with E-state index in [9.17, 15) is 9.90 Å². The Morgan fingerprint density at radius 2 is 1.96 bits per heavy atom. The summed E-state index contributed by atoms with van der Waals surface area (Å²) in [6, 6.07) is 13.7. The van der Waals surface area contributed by atoms with Crippen molar-refractivity contribution in [1.29, 1.82) is 0 Å². The maximum atomic E-state index is 13.3. The molecule has 0 bridgehead atoms. The monoisotopic (exact) mass is 337 g/mol. The number of aryl methyl sites for hydroxylation is 2.